The van der Waals surface area contributed by atoms with Crippen LogP contribution in [0.2, 0.25) is 0 Å². The lowest BCUT2D eigenvalue weighted by molar-refractivity contribution is -0.146. The Labute approximate surface area is 138 Å². The molecule has 1 aromatic carbocycles. The van der Waals surface area contributed by atoms with Crippen molar-refractivity contribution < 1.29 is 18.3 Å². The van der Waals surface area contributed by atoms with Crippen molar-refractivity contribution in [3.05, 3.63) is 48.4 Å². The van der Waals surface area contributed by atoms with Crippen molar-refractivity contribution in [2.24, 2.45) is 4.99 Å². The summed E-state index contributed by atoms with van der Waals surface area (Å²) >= 11 is 1.03. The van der Waals surface area contributed by atoms with Crippen LogP contribution in [0.3, 0.4) is 0 Å². The van der Waals surface area contributed by atoms with E-state index in [-0.39, 0.29) is 17.4 Å². The third-order valence-corrected chi connectivity index (χ3v) is 4.08. The van der Waals surface area contributed by atoms with E-state index in [4.69, 9.17) is 0 Å². The van der Waals surface area contributed by atoms with Gasteiger partial charge in [-0.05, 0) is 12.1 Å². The molecule has 0 aliphatic carbocycles. The van der Waals surface area contributed by atoms with Gasteiger partial charge in [0.15, 0.2) is 5.13 Å². The van der Waals surface area contributed by atoms with Crippen molar-refractivity contribution in [3.63, 3.8) is 0 Å². The summed E-state index contributed by atoms with van der Waals surface area (Å²) in [5, 5.41) is 10.2. The number of para-hydroxylation sites is 1. The van der Waals surface area contributed by atoms with E-state index in [1.165, 1.54) is 6.08 Å². The van der Waals surface area contributed by atoms with Gasteiger partial charge in [0, 0.05) is 0 Å². The van der Waals surface area contributed by atoms with Gasteiger partial charge in [-0.2, -0.15) is 13.2 Å². The molecule has 0 spiro atoms. The molecule has 0 bridgehead atoms. The Morgan fingerprint density at radius 1 is 1.29 bits per heavy atom. The monoisotopic (exact) mass is 352 g/mol. The maximum atomic E-state index is 13.3. The third kappa shape index (κ3) is 2.90. The SMILES string of the molecule is C=CCN=Cc1nc(C(F)(F)F)n(-c2nc3ccccc3s2)c1O. The molecule has 2 aromatic heterocycles. The maximum Gasteiger partial charge on any atom is 0.450 e. The van der Waals surface area contributed by atoms with E-state index in [0.29, 0.717) is 14.8 Å². The van der Waals surface area contributed by atoms with Crippen molar-refractivity contribution in [1.29, 1.82) is 0 Å². The van der Waals surface area contributed by atoms with E-state index in [2.05, 4.69) is 21.5 Å². The summed E-state index contributed by atoms with van der Waals surface area (Å²) in [6, 6.07) is 6.92. The number of alkyl halides is 3. The number of rotatable bonds is 4. The second-order valence-corrected chi connectivity index (χ2v) is 5.73. The lowest BCUT2D eigenvalue weighted by atomic mass is 10.3. The van der Waals surface area contributed by atoms with Crippen molar-refractivity contribution in [1.82, 2.24) is 14.5 Å². The average Bonchev–Trinajstić information content (AvgIpc) is 3.08. The zero-order chi connectivity index (χ0) is 17.3. The van der Waals surface area contributed by atoms with E-state index >= 15 is 0 Å². The molecule has 0 atom stereocenters. The van der Waals surface area contributed by atoms with E-state index in [9.17, 15) is 18.3 Å². The molecule has 1 N–H and O–H groups in total. The lowest BCUT2D eigenvalue weighted by Crippen LogP contribution is -2.13. The zero-order valence-electron chi connectivity index (χ0n) is 12.2. The number of aromatic nitrogens is 3. The summed E-state index contributed by atoms with van der Waals surface area (Å²) in [5.74, 6) is -1.91. The van der Waals surface area contributed by atoms with Crippen molar-refractivity contribution >= 4 is 27.8 Å². The van der Waals surface area contributed by atoms with Gasteiger partial charge in [-0.15, -0.1) is 6.58 Å². The molecule has 0 saturated heterocycles. The highest BCUT2D eigenvalue weighted by Crippen LogP contribution is 2.37. The van der Waals surface area contributed by atoms with E-state index in [0.717, 1.165) is 17.6 Å². The summed E-state index contributed by atoms with van der Waals surface area (Å²) < 4.78 is 41.2. The second-order valence-electron chi connectivity index (χ2n) is 4.72. The number of hydrogen-bond donors (Lipinski definition) is 1. The van der Waals surface area contributed by atoms with Crippen LogP contribution in [0.25, 0.3) is 15.3 Å². The Balaban J connectivity index is 2.19. The van der Waals surface area contributed by atoms with Crippen LogP contribution in [0.4, 0.5) is 13.2 Å². The molecule has 3 rings (SSSR count). The molecule has 0 unspecified atom stereocenters. The van der Waals surface area contributed by atoms with Gasteiger partial charge in [-0.1, -0.05) is 29.5 Å². The molecule has 24 heavy (non-hydrogen) atoms. The molecule has 0 aliphatic rings. The van der Waals surface area contributed by atoms with Gasteiger partial charge in [0.25, 0.3) is 0 Å². The number of nitrogens with zero attached hydrogens (tertiary/aromatic N) is 4. The smallest absolute Gasteiger partial charge is 0.450 e. The van der Waals surface area contributed by atoms with E-state index in [1.54, 1.807) is 24.3 Å². The number of imidazole rings is 1. The summed E-state index contributed by atoms with van der Waals surface area (Å²) in [6.45, 7) is 3.66. The number of thiazole rings is 1. The fourth-order valence-electron chi connectivity index (χ4n) is 2.06. The number of halogens is 3. The van der Waals surface area contributed by atoms with Gasteiger partial charge in [-0.25, -0.2) is 14.5 Å². The minimum absolute atomic E-state index is 0.0168. The first-order valence-electron chi connectivity index (χ1n) is 6.77. The van der Waals surface area contributed by atoms with Crippen LogP contribution < -0.4 is 0 Å². The standard InChI is InChI=1S/C15H11F3N4OS/c1-2-7-19-8-10-12(23)22(13(20-10)15(16,17)18)14-21-9-5-3-4-6-11(9)24-14/h2-6,8,23H,1,7H2. The number of aromatic hydroxyl groups is 1. The highest BCUT2D eigenvalue weighted by Gasteiger charge is 2.40. The largest absolute Gasteiger partial charge is 0.493 e. The molecule has 9 heteroatoms. The Bertz CT molecular complexity index is 894. The lowest BCUT2D eigenvalue weighted by Gasteiger charge is -2.07. The molecular formula is C15H11F3N4OS. The van der Waals surface area contributed by atoms with Crippen LogP contribution in [-0.4, -0.2) is 32.4 Å². The van der Waals surface area contributed by atoms with E-state index < -0.39 is 17.9 Å². The molecule has 5 nitrogen and oxygen atoms in total. The summed E-state index contributed by atoms with van der Waals surface area (Å²) in [6.07, 6.45) is -2.20. The van der Waals surface area contributed by atoms with Gasteiger partial charge in [0.2, 0.25) is 11.7 Å². The second kappa shape index (κ2) is 6.08. The average molecular weight is 352 g/mol. The predicted molar refractivity (Wildman–Crippen MR) is 86.1 cm³/mol. The third-order valence-electron chi connectivity index (χ3n) is 3.05. The van der Waals surface area contributed by atoms with Gasteiger partial charge in [0.1, 0.15) is 5.69 Å². The molecule has 124 valence electrons. The minimum atomic E-state index is -4.75. The van der Waals surface area contributed by atoms with Gasteiger partial charge >= 0.3 is 6.18 Å². The fraction of sp³-hybridized carbons (Fsp3) is 0.133. The molecule has 2 heterocycles. The molecule has 0 aliphatic heterocycles. The quantitative estimate of drug-likeness (QED) is 0.574. The fourth-order valence-corrected chi connectivity index (χ4v) is 3.03. The molecular weight excluding hydrogens is 341 g/mol. The van der Waals surface area contributed by atoms with Crippen LogP contribution in [0.15, 0.2) is 41.9 Å². The molecule has 0 saturated carbocycles. The number of benzene rings is 1. The van der Waals surface area contributed by atoms with Gasteiger partial charge in [-0.3, -0.25) is 4.99 Å². The first kappa shape index (κ1) is 16.2. The van der Waals surface area contributed by atoms with Crippen molar-refractivity contribution in [2.45, 2.75) is 6.18 Å². The van der Waals surface area contributed by atoms with Crippen molar-refractivity contribution in [2.75, 3.05) is 6.54 Å². The zero-order valence-corrected chi connectivity index (χ0v) is 13.0. The van der Waals surface area contributed by atoms with Gasteiger partial charge in [0.05, 0.1) is 23.0 Å². The Kier molecular flexibility index (Phi) is 4.10. The highest BCUT2D eigenvalue weighted by molar-refractivity contribution is 7.20. The normalized spacial score (nSPS) is 12.3. The molecule has 0 fully saturated rings. The van der Waals surface area contributed by atoms with Crippen LogP contribution in [0.1, 0.15) is 11.5 Å². The molecule has 0 radical (unpaired) electrons. The minimum Gasteiger partial charge on any atom is -0.493 e. The first-order chi connectivity index (χ1) is 11.4. The Morgan fingerprint density at radius 2 is 2.04 bits per heavy atom. The van der Waals surface area contributed by atoms with E-state index in [1.807, 2.05) is 0 Å². The number of fused-ring (bicyclic) bond motifs is 1. The van der Waals surface area contributed by atoms with Gasteiger partial charge < -0.3 is 5.11 Å². The topological polar surface area (TPSA) is 63.3 Å². The summed E-state index contributed by atoms with van der Waals surface area (Å²) in [5.41, 5.74) is 0.268. The van der Waals surface area contributed by atoms with Crippen molar-refractivity contribution in [3.8, 4) is 11.0 Å². The molecule has 3 aromatic rings. The van der Waals surface area contributed by atoms with Crippen LogP contribution >= 0.6 is 11.3 Å². The maximum absolute atomic E-state index is 13.3. The Morgan fingerprint density at radius 3 is 2.71 bits per heavy atom. The summed E-state index contributed by atoms with van der Waals surface area (Å²) in [7, 11) is 0. The van der Waals surface area contributed by atoms with Crippen LogP contribution in [0, 0.1) is 0 Å². The van der Waals surface area contributed by atoms with Crippen LogP contribution in [-0.2, 0) is 6.18 Å². The van der Waals surface area contributed by atoms with Crippen LogP contribution in [0.5, 0.6) is 5.88 Å². The predicted octanol–water partition coefficient (Wildman–Crippen LogP) is 3.81. The Hall–Kier alpha value is -2.68. The highest BCUT2D eigenvalue weighted by atomic mass is 32.1. The first-order valence-corrected chi connectivity index (χ1v) is 7.59. The summed E-state index contributed by atoms with van der Waals surface area (Å²) in [4.78, 5) is 11.4. The molecule has 0 amide bonds. The number of aliphatic imine (C=N–C) groups is 1. The number of hydrogen-bond acceptors (Lipinski definition) is 5.